The van der Waals surface area contributed by atoms with Crippen LogP contribution >= 0.6 is 0 Å². The maximum absolute atomic E-state index is 11.6. The van der Waals surface area contributed by atoms with Gasteiger partial charge >= 0.3 is 0 Å². The number of rotatable bonds is 2. The van der Waals surface area contributed by atoms with E-state index >= 15 is 0 Å². The molecule has 1 aromatic heterocycles. The zero-order valence-electron chi connectivity index (χ0n) is 12.8. The van der Waals surface area contributed by atoms with Crippen molar-refractivity contribution in [1.82, 2.24) is 4.98 Å². The molecule has 0 saturated heterocycles. The molecule has 3 rings (SSSR count). The van der Waals surface area contributed by atoms with Crippen LogP contribution in [0.1, 0.15) is 64.4 Å². The van der Waals surface area contributed by atoms with Gasteiger partial charge in [0.1, 0.15) is 5.60 Å². The Labute approximate surface area is 121 Å². The zero-order valence-corrected chi connectivity index (χ0v) is 12.8. The van der Waals surface area contributed by atoms with Crippen molar-refractivity contribution >= 4 is 0 Å². The van der Waals surface area contributed by atoms with E-state index in [4.69, 9.17) is 0 Å². The van der Waals surface area contributed by atoms with Gasteiger partial charge in [0.05, 0.1) is 17.5 Å². The van der Waals surface area contributed by atoms with Gasteiger partial charge in [-0.3, -0.25) is 4.98 Å². The van der Waals surface area contributed by atoms with E-state index in [2.05, 4.69) is 25.8 Å². The third kappa shape index (κ3) is 1.51. The molecule has 2 aliphatic rings. The lowest BCUT2D eigenvalue weighted by molar-refractivity contribution is -0.153. The number of hydrogen-bond donors (Lipinski definition) is 2. The number of nitrogens with zero attached hydrogens (tertiary/aromatic N) is 1. The van der Waals surface area contributed by atoms with Crippen LogP contribution < -0.4 is 0 Å². The van der Waals surface area contributed by atoms with Crippen LogP contribution in [0.15, 0.2) is 18.2 Å². The van der Waals surface area contributed by atoms with E-state index in [0.29, 0.717) is 11.6 Å². The Morgan fingerprint density at radius 1 is 1.30 bits per heavy atom. The van der Waals surface area contributed by atoms with Crippen molar-refractivity contribution in [1.29, 1.82) is 0 Å². The summed E-state index contributed by atoms with van der Waals surface area (Å²) in [7, 11) is 0. The van der Waals surface area contributed by atoms with Crippen molar-refractivity contribution < 1.29 is 10.2 Å². The summed E-state index contributed by atoms with van der Waals surface area (Å²) in [6.07, 6.45) is 2.71. The summed E-state index contributed by atoms with van der Waals surface area (Å²) >= 11 is 0. The van der Waals surface area contributed by atoms with Crippen LogP contribution in [0.2, 0.25) is 0 Å². The molecule has 3 heteroatoms. The Morgan fingerprint density at radius 3 is 2.55 bits per heavy atom. The Kier molecular flexibility index (Phi) is 2.84. The maximum Gasteiger partial charge on any atom is 0.117 e. The van der Waals surface area contributed by atoms with Gasteiger partial charge in [0.25, 0.3) is 0 Å². The smallest absolute Gasteiger partial charge is 0.117 e. The van der Waals surface area contributed by atoms with E-state index in [9.17, 15) is 10.2 Å². The van der Waals surface area contributed by atoms with Crippen molar-refractivity contribution in [3.63, 3.8) is 0 Å². The van der Waals surface area contributed by atoms with Crippen molar-refractivity contribution in [2.24, 2.45) is 16.7 Å². The molecule has 0 radical (unpaired) electrons. The average Bonchev–Trinajstić information content (AvgIpc) is 2.87. The van der Waals surface area contributed by atoms with Crippen LogP contribution in [-0.2, 0) is 5.60 Å². The van der Waals surface area contributed by atoms with Gasteiger partial charge in [-0.15, -0.1) is 0 Å². The molecule has 4 unspecified atom stereocenters. The summed E-state index contributed by atoms with van der Waals surface area (Å²) in [5.74, 6) is 0.550. The highest BCUT2D eigenvalue weighted by Gasteiger charge is 2.69. The summed E-state index contributed by atoms with van der Waals surface area (Å²) in [6.45, 7) is 8.24. The first-order chi connectivity index (χ1) is 9.22. The van der Waals surface area contributed by atoms with Crippen molar-refractivity contribution in [2.75, 3.05) is 0 Å². The number of hydrogen-bond acceptors (Lipinski definition) is 3. The number of fused-ring (bicyclic) bond motifs is 2. The molecule has 1 aromatic rings. The first kappa shape index (κ1) is 14.0. The number of aliphatic hydroxyl groups excluding tert-OH is 1. The van der Waals surface area contributed by atoms with Gasteiger partial charge in [-0.05, 0) is 44.2 Å². The predicted octanol–water partition coefficient (Wildman–Crippen LogP) is 3.17. The van der Waals surface area contributed by atoms with Crippen LogP contribution in [-0.4, -0.2) is 15.2 Å². The Balaban J connectivity index is 2.14. The van der Waals surface area contributed by atoms with Crippen molar-refractivity contribution in [3.05, 3.63) is 29.6 Å². The molecule has 2 saturated carbocycles. The SMILES string of the molecule is CC(O)c1cccc(C2(O)C3(C)CCC(C3)C2(C)C)n1. The van der Waals surface area contributed by atoms with Crippen LogP contribution in [0.25, 0.3) is 0 Å². The molecule has 0 aromatic carbocycles. The number of pyridine rings is 1. The molecule has 0 aliphatic heterocycles. The van der Waals surface area contributed by atoms with Gasteiger partial charge in [0, 0.05) is 10.8 Å². The van der Waals surface area contributed by atoms with Gasteiger partial charge in [-0.2, -0.15) is 0 Å². The maximum atomic E-state index is 11.6. The fourth-order valence-electron chi connectivity index (χ4n) is 4.78. The summed E-state index contributed by atoms with van der Waals surface area (Å²) < 4.78 is 0. The molecule has 20 heavy (non-hydrogen) atoms. The van der Waals surface area contributed by atoms with E-state index in [1.54, 1.807) is 6.92 Å². The lowest BCUT2D eigenvalue weighted by Gasteiger charge is -2.50. The molecule has 110 valence electrons. The molecule has 0 amide bonds. The molecule has 2 aliphatic carbocycles. The lowest BCUT2D eigenvalue weighted by Crippen LogP contribution is -2.52. The van der Waals surface area contributed by atoms with Crippen molar-refractivity contribution in [3.8, 4) is 0 Å². The number of aliphatic hydroxyl groups is 2. The third-order valence-corrected chi connectivity index (χ3v) is 6.14. The molecular formula is C17H25NO2. The van der Waals surface area contributed by atoms with E-state index in [1.165, 1.54) is 6.42 Å². The average molecular weight is 275 g/mol. The second kappa shape index (κ2) is 4.05. The highest BCUT2D eigenvalue weighted by Crippen LogP contribution is 2.71. The topological polar surface area (TPSA) is 53.4 Å². The van der Waals surface area contributed by atoms with E-state index in [1.807, 2.05) is 18.2 Å². The second-order valence-electron chi connectivity index (χ2n) is 7.56. The standard InChI is InChI=1S/C17H25NO2/c1-11(19)13-6-5-7-14(18-13)17(20)15(2,3)12-8-9-16(17,4)10-12/h5-7,11-12,19-20H,8-10H2,1-4H3. The summed E-state index contributed by atoms with van der Waals surface area (Å²) in [4.78, 5) is 4.59. The highest BCUT2D eigenvalue weighted by molar-refractivity contribution is 5.30. The minimum absolute atomic E-state index is 0.106. The third-order valence-electron chi connectivity index (χ3n) is 6.14. The zero-order chi connectivity index (χ0) is 14.8. The molecule has 2 N–H and O–H groups in total. The molecule has 3 nitrogen and oxygen atoms in total. The van der Waals surface area contributed by atoms with Crippen LogP contribution in [0.3, 0.4) is 0 Å². The molecule has 2 bridgehead atoms. The largest absolute Gasteiger partial charge is 0.387 e. The van der Waals surface area contributed by atoms with Crippen LogP contribution in [0.5, 0.6) is 0 Å². The summed E-state index contributed by atoms with van der Waals surface area (Å²) in [6, 6.07) is 5.63. The highest BCUT2D eigenvalue weighted by atomic mass is 16.3. The lowest BCUT2D eigenvalue weighted by atomic mass is 9.59. The van der Waals surface area contributed by atoms with Gasteiger partial charge in [0.15, 0.2) is 0 Å². The van der Waals surface area contributed by atoms with E-state index in [0.717, 1.165) is 18.5 Å². The van der Waals surface area contributed by atoms with Gasteiger partial charge < -0.3 is 10.2 Å². The van der Waals surface area contributed by atoms with Gasteiger partial charge in [-0.25, -0.2) is 0 Å². The molecule has 0 spiro atoms. The quantitative estimate of drug-likeness (QED) is 0.871. The van der Waals surface area contributed by atoms with Crippen molar-refractivity contribution in [2.45, 2.75) is 58.7 Å². The molecule has 1 heterocycles. The fraction of sp³-hybridized carbons (Fsp3) is 0.706. The van der Waals surface area contributed by atoms with E-state index in [-0.39, 0.29) is 10.8 Å². The monoisotopic (exact) mass is 275 g/mol. The summed E-state index contributed by atoms with van der Waals surface area (Å²) in [5.41, 5.74) is 0.174. The molecular weight excluding hydrogens is 250 g/mol. The minimum Gasteiger partial charge on any atom is -0.387 e. The normalized spacial score (nSPS) is 40.0. The Bertz CT molecular complexity index is 533. The second-order valence-corrected chi connectivity index (χ2v) is 7.56. The fourth-order valence-corrected chi connectivity index (χ4v) is 4.78. The van der Waals surface area contributed by atoms with Gasteiger partial charge in [-0.1, -0.05) is 26.8 Å². The Hall–Kier alpha value is -0.930. The van der Waals surface area contributed by atoms with Crippen LogP contribution in [0, 0.1) is 16.7 Å². The van der Waals surface area contributed by atoms with Crippen LogP contribution in [0.4, 0.5) is 0 Å². The van der Waals surface area contributed by atoms with E-state index < -0.39 is 11.7 Å². The first-order valence-electron chi connectivity index (χ1n) is 7.60. The molecule has 2 fully saturated rings. The van der Waals surface area contributed by atoms with Gasteiger partial charge in [0.2, 0.25) is 0 Å². The first-order valence-corrected chi connectivity index (χ1v) is 7.60. The molecule has 4 atom stereocenters. The summed E-state index contributed by atoms with van der Waals surface area (Å²) in [5, 5.41) is 21.4. The number of aromatic nitrogens is 1. The minimum atomic E-state index is -0.909. The Morgan fingerprint density at radius 2 is 2.00 bits per heavy atom. The predicted molar refractivity (Wildman–Crippen MR) is 78.0 cm³/mol.